The first kappa shape index (κ1) is 7.85. The fourth-order valence-corrected chi connectivity index (χ4v) is 0.463. The van der Waals surface area contributed by atoms with E-state index in [4.69, 9.17) is 10.8 Å². The van der Waals surface area contributed by atoms with Gasteiger partial charge in [0.2, 0.25) is 0 Å². The van der Waals surface area contributed by atoms with Gasteiger partial charge in [-0.25, -0.2) is 0 Å². The molecule has 3 N–H and O–H groups in total. The molecule has 2 nitrogen and oxygen atoms in total. The van der Waals surface area contributed by atoms with Crippen molar-refractivity contribution in [1.82, 2.24) is 0 Å². The zero-order chi connectivity index (χ0) is 6.41. The number of nitrogens with two attached hydrogens (primary N) is 1. The number of rotatable bonds is 4. The van der Waals surface area contributed by atoms with E-state index in [1.165, 1.54) is 0 Å². The molecule has 0 saturated carbocycles. The molecule has 0 radical (unpaired) electrons. The Bertz CT molecular complexity index is 45.7. The molecule has 8 heavy (non-hydrogen) atoms. The largest absolute Gasteiger partial charge is 0.393 e. The highest BCUT2D eigenvalue weighted by molar-refractivity contribution is 4.53. The van der Waals surface area contributed by atoms with E-state index in [0.29, 0.717) is 13.0 Å². The molecular weight excluding hydrogens is 109 g/mol. The topological polar surface area (TPSA) is 46.2 Å². The Hall–Kier alpha value is -0.150. The van der Waals surface area contributed by atoms with E-state index in [-0.39, 0.29) is 6.42 Å². The first-order valence-electron chi connectivity index (χ1n) is 2.75. The summed E-state index contributed by atoms with van der Waals surface area (Å²) in [6, 6.07) is 0. The summed E-state index contributed by atoms with van der Waals surface area (Å²) in [5.41, 5.74) is 5.08. The lowest BCUT2D eigenvalue weighted by Gasteiger charge is -2.03. The van der Waals surface area contributed by atoms with Gasteiger partial charge in [0.05, 0.1) is 12.8 Å². The van der Waals surface area contributed by atoms with E-state index in [9.17, 15) is 4.39 Å². The molecule has 0 fully saturated rings. The molecule has 0 aliphatic rings. The van der Waals surface area contributed by atoms with Gasteiger partial charge >= 0.3 is 0 Å². The number of halogens is 1. The smallest absolute Gasteiger partial charge is 0.0919 e. The van der Waals surface area contributed by atoms with Crippen molar-refractivity contribution in [3.8, 4) is 0 Å². The Labute approximate surface area is 48.5 Å². The van der Waals surface area contributed by atoms with Gasteiger partial charge in [-0.05, 0) is 13.0 Å². The first-order valence-corrected chi connectivity index (χ1v) is 2.75. The summed E-state index contributed by atoms with van der Waals surface area (Å²) in [6.45, 7) is -0.0255. The standard InChI is InChI=1S/C5H12FNO/c6-3-1-5(8)2-4-7/h5,8H,1-4,7H2/t5-/m1/s1. The zero-order valence-electron chi connectivity index (χ0n) is 4.81. The van der Waals surface area contributed by atoms with Crippen LogP contribution in [-0.2, 0) is 0 Å². The van der Waals surface area contributed by atoms with Crippen LogP contribution in [-0.4, -0.2) is 24.4 Å². The minimum absolute atomic E-state index is 0.219. The van der Waals surface area contributed by atoms with Gasteiger partial charge in [-0.15, -0.1) is 0 Å². The quantitative estimate of drug-likeness (QED) is 0.552. The Morgan fingerprint density at radius 3 is 2.50 bits per heavy atom. The summed E-state index contributed by atoms with van der Waals surface area (Å²) < 4.78 is 11.4. The summed E-state index contributed by atoms with van der Waals surface area (Å²) in [5.74, 6) is 0. The van der Waals surface area contributed by atoms with Crippen LogP contribution >= 0.6 is 0 Å². The van der Waals surface area contributed by atoms with Gasteiger partial charge in [-0.3, -0.25) is 4.39 Å². The van der Waals surface area contributed by atoms with E-state index in [1.54, 1.807) is 0 Å². The second-order valence-electron chi connectivity index (χ2n) is 1.71. The maximum Gasteiger partial charge on any atom is 0.0919 e. The van der Waals surface area contributed by atoms with Crippen molar-refractivity contribution < 1.29 is 9.50 Å². The van der Waals surface area contributed by atoms with Crippen molar-refractivity contribution in [3.05, 3.63) is 0 Å². The molecular formula is C5H12FNO. The van der Waals surface area contributed by atoms with Crippen LogP contribution in [0.15, 0.2) is 0 Å². The normalized spacial score (nSPS) is 13.9. The number of hydrogen-bond donors (Lipinski definition) is 2. The summed E-state index contributed by atoms with van der Waals surface area (Å²) in [7, 11) is 0. The molecule has 0 aliphatic heterocycles. The highest BCUT2D eigenvalue weighted by atomic mass is 19.1. The molecule has 0 saturated heterocycles. The maximum atomic E-state index is 11.4. The number of alkyl halides is 1. The second kappa shape index (κ2) is 5.00. The fourth-order valence-electron chi connectivity index (χ4n) is 0.463. The molecule has 0 amide bonds. The van der Waals surface area contributed by atoms with E-state index >= 15 is 0 Å². The molecule has 0 aromatic rings. The van der Waals surface area contributed by atoms with Crippen molar-refractivity contribution in [3.63, 3.8) is 0 Å². The molecule has 1 atom stereocenters. The van der Waals surface area contributed by atoms with E-state index in [0.717, 1.165) is 0 Å². The predicted molar refractivity (Wildman–Crippen MR) is 30.3 cm³/mol. The van der Waals surface area contributed by atoms with Crippen molar-refractivity contribution >= 4 is 0 Å². The monoisotopic (exact) mass is 121 g/mol. The molecule has 0 rings (SSSR count). The van der Waals surface area contributed by atoms with Crippen LogP contribution in [0.3, 0.4) is 0 Å². The van der Waals surface area contributed by atoms with E-state index < -0.39 is 12.8 Å². The Morgan fingerprint density at radius 2 is 2.12 bits per heavy atom. The summed E-state index contributed by atoms with van der Waals surface area (Å²) >= 11 is 0. The minimum Gasteiger partial charge on any atom is -0.393 e. The zero-order valence-corrected chi connectivity index (χ0v) is 4.81. The van der Waals surface area contributed by atoms with Gasteiger partial charge in [-0.1, -0.05) is 0 Å². The van der Waals surface area contributed by atoms with Gasteiger partial charge in [0.1, 0.15) is 0 Å². The SMILES string of the molecule is NCC[C@H](O)CCF. The van der Waals surface area contributed by atoms with E-state index in [2.05, 4.69) is 0 Å². The van der Waals surface area contributed by atoms with Crippen molar-refractivity contribution in [1.29, 1.82) is 0 Å². The van der Waals surface area contributed by atoms with Crippen LogP contribution in [0.5, 0.6) is 0 Å². The number of aliphatic hydroxyl groups excluding tert-OH is 1. The third kappa shape index (κ3) is 4.02. The Kier molecular flexibility index (Phi) is 4.90. The number of aliphatic hydroxyl groups is 1. The van der Waals surface area contributed by atoms with Crippen LogP contribution < -0.4 is 5.73 Å². The summed E-state index contributed by atoms with van der Waals surface area (Å²) in [5, 5.41) is 8.73. The van der Waals surface area contributed by atoms with Gasteiger partial charge in [0.25, 0.3) is 0 Å². The molecule has 0 aromatic heterocycles. The fraction of sp³-hybridized carbons (Fsp3) is 1.00. The molecule has 3 heteroatoms. The minimum atomic E-state index is -0.537. The predicted octanol–water partition coefficient (Wildman–Crippen LogP) is 0.0557. The third-order valence-electron chi connectivity index (χ3n) is 0.942. The van der Waals surface area contributed by atoms with Crippen LogP contribution in [0.25, 0.3) is 0 Å². The van der Waals surface area contributed by atoms with Gasteiger partial charge in [-0.2, -0.15) is 0 Å². The Morgan fingerprint density at radius 1 is 1.50 bits per heavy atom. The summed E-state index contributed by atoms with van der Waals surface area (Å²) in [4.78, 5) is 0. The molecule has 0 spiro atoms. The highest BCUT2D eigenvalue weighted by Gasteiger charge is 1.99. The van der Waals surface area contributed by atoms with Crippen LogP contribution in [0.1, 0.15) is 12.8 Å². The highest BCUT2D eigenvalue weighted by Crippen LogP contribution is 1.94. The average molecular weight is 121 g/mol. The van der Waals surface area contributed by atoms with Crippen molar-refractivity contribution in [2.45, 2.75) is 18.9 Å². The second-order valence-corrected chi connectivity index (χ2v) is 1.71. The third-order valence-corrected chi connectivity index (χ3v) is 0.942. The molecule has 0 heterocycles. The Balaban J connectivity index is 2.92. The lowest BCUT2D eigenvalue weighted by molar-refractivity contribution is 0.147. The lowest BCUT2D eigenvalue weighted by Crippen LogP contribution is -2.13. The molecule has 0 unspecified atom stereocenters. The van der Waals surface area contributed by atoms with E-state index in [1.807, 2.05) is 0 Å². The summed E-state index contributed by atoms with van der Waals surface area (Å²) in [6.07, 6.45) is 0.186. The van der Waals surface area contributed by atoms with Gasteiger partial charge in [0, 0.05) is 6.42 Å². The van der Waals surface area contributed by atoms with Crippen LogP contribution in [0.4, 0.5) is 4.39 Å². The molecule has 50 valence electrons. The van der Waals surface area contributed by atoms with Gasteiger partial charge in [0.15, 0.2) is 0 Å². The maximum absolute atomic E-state index is 11.4. The molecule has 0 aromatic carbocycles. The number of hydrogen-bond acceptors (Lipinski definition) is 2. The van der Waals surface area contributed by atoms with Crippen molar-refractivity contribution in [2.24, 2.45) is 5.73 Å². The van der Waals surface area contributed by atoms with Crippen LogP contribution in [0, 0.1) is 0 Å². The lowest BCUT2D eigenvalue weighted by atomic mass is 10.2. The van der Waals surface area contributed by atoms with Crippen molar-refractivity contribution in [2.75, 3.05) is 13.2 Å². The molecule has 0 aliphatic carbocycles. The average Bonchev–Trinajstić information content (AvgIpc) is 1.68. The van der Waals surface area contributed by atoms with Gasteiger partial charge < -0.3 is 10.8 Å². The van der Waals surface area contributed by atoms with Crippen LogP contribution in [0.2, 0.25) is 0 Å². The molecule has 0 bridgehead atoms. The first-order chi connectivity index (χ1) is 3.81.